The lowest BCUT2D eigenvalue weighted by molar-refractivity contribution is 0.210. The lowest BCUT2D eigenvalue weighted by atomic mass is 10.1. The summed E-state index contributed by atoms with van der Waals surface area (Å²) < 4.78 is 21.7. The highest BCUT2D eigenvalue weighted by Gasteiger charge is 2.19. The van der Waals surface area contributed by atoms with Gasteiger partial charge in [0, 0.05) is 42.2 Å². The molecule has 0 amide bonds. The van der Waals surface area contributed by atoms with Crippen molar-refractivity contribution in [1.82, 2.24) is 24.3 Å². The van der Waals surface area contributed by atoms with E-state index in [9.17, 15) is 4.39 Å². The molecule has 3 aromatic carbocycles. The van der Waals surface area contributed by atoms with Crippen molar-refractivity contribution in [3.8, 4) is 11.4 Å². The van der Waals surface area contributed by atoms with E-state index in [4.69, 9.17) is 16.3 Å². The van der Waals surface area contributed by atoms with Crippen LogP contribution < -0.4 is 10.1 Å². The minimum Gasteiger partial charge on any atom is -0.487 e. The van der Waals surface area contributed by atoms with Gasteiger partial charge in [0.1, 0.15) is 30.3 Å². The van der Waals surface area contributed by atoms with Gasteiger partial charge in [0.2, 0.25) is 0 Å². The van der Waals surface area contributed by atoms with E-state index in [0.717, 1.165) is 40.9 Å². The third kappa shape index (κ3) is 7.35. The van der Waals surface area contributed by atoms with Gasteiger partial charge >= 0.3 is 0 Å². The minimum absolute atomic E-state index is 0.225. The zero-order valence-electron chi connectivity index (χ0n) is 26.1. The Hall–Kier alpha value is -3.98. The summed E-state index contributed by atoms with van der Waals surface area (Å²) in [5.74, 6) is 0.935. The van der Waals surface area contributed by atoms with Crippen LogP contribution in [0.2, 0.25) is 5.02 Å². The van der Waals surface area contributed by atoms with E-state index in [1.54, 1.807) is 12.4 Å². The molecule has 2 aliphatic rings. The molecule has 0 bridgehead atoms. The quantitative estimate of drug-likeness (QED) is 0.166. The van der Waals surface area contributed by atoms with Gasteiger partial charge < -0.3 is 14.6 Å². The van der Waals surface area contributed by atoms with Crippen molar-refractivity contribution in [2.75, 3.05) is 31.5 Å². The fourth-order valence-corrected chi connectivity index (χ4v) is 6.85. The first-order chi connectivity index (χ1) is 22.6. The molecule has 0 radical (unpaired) electrons. The number of ether oxygens (including phenoxy) is 1. The Morgan fingerprint density at radius 1 is 0.783 bits per heavy atom. The van der Waals surface area contributed by atoms with E-state index >= 15 is 0 Å². The summed E-state index contributed by atoms with van der Waals surface area (Å²) >= 11 is 6.59. The van der Waals surface area contributed by atoms with Gasteiger partial charge in [-0.2, -0.15) is 0 Å². The van der Waals surface area contributed by atoms with E-state index in [1.807, 2.05) is 24.3 Å². The molecule has 0 unspecified atom stereocenters. The molecule has 2 saturated heterocycles. The van der Waals surface area contributed by atoms with E-state index in [-0.39, 0.29) is 12.4 Å². The summed E-state index contributed by atoms with van der Waals surface area (Å²) in [4.78, 5) is 14.4. The second-order valence-corrected chi connectivity index (χ2v) is 12.9. The summed E-state index contributed by atoms with van der Waals surface area (Å²) in [6.45, 7) is 6.95. The lowest BCUT2D eigenvalue weighted by Gasteiger charge is -2.28. The van der Waals surface area contributed by atoms with Gasteiger partial charge in [-0.15, -0.1) is 0 Å². The van der Waals surface area contributed by atoms with Crippen molar-refractivity contribution in [3.05, 3.63) is 107 Å². The average Bonchev–Trinajstić information content (AvgIpc) is 3.47. The van der Waals surface area contributed by atoms with E-state index in [0.29, 0.717) is 16.6 Å². The first-order valence-corrected chi connectivity index (χ1v) is 16.8. The molecule has 1 N–H and O–H groups in total. The van der Waals surface area contributed by atoms with Gasteiger partial charge in [-0.25, -0.2) is 14.4 Å². The topological polar surface area (TPSA) is 58.5 Å². The van der Waals surface area contributed by atoms with Crippen LogP contribution in [-0.2, 0) is 19.7 Å². The Labute approximate surface area is 275 Å². The molecule has 7 rings (SSSR count). The second-order valence-electron chi connectivity index (χ2n) is 12.5. The zero-order valence-corrected chi connectivity index (χ0v) is 26.9. The summed E-state index contributed by atoms with van der Waals surface area (Å²) in [6.07, 6.45) is 14.1. The lowest BCUT2D eigenvalue weighted by Crippen LogP contribution is -2.31. The van der Waals surface area contributed by atoms with Crippen molar-refractivity contribution in [2.45, 2.75) is 58.2 Å². The van der Waals surface area contributed by atoms with Crippen molar-refractivity contribution in [2.24, 2.45) is 0 Å². The molecule has 0 atom stereocenters. The standard InChI is InChI=1S/C37H40ClFN6O/c38-34-19-31(10-13-36(34)46-25-27-8-7-9-30(39)18-27)42-37-33-20-32(11-12-35(33)40-26-41-37)45-23-28(21-43-14-3-1-4-15-43)29(24-45)22-44-16-5-2-6-17-44/h7-13,18-20,23-24,26H,1-6,14-17,21-22,25H2,(H,40,41,42). The molecule has 46 heavy (non-hydrogen) atoms. The smallest absolute Gasteiger partial charge is 0.141 e. The molecule has 9 heteroatoms. The predicted molar refractivity (Wildman–Crippen MR) is 183 cm³/mol. The molecule has 0 spiro atoms. The van der Waals surface area contributed by atoms with Crippen LogP contribution in [0, 0.1) is 5.82 Å². The van der Waals surface area contributed by atoms with Crippen LogP contribution in [0.3, 0.4) is 0 Å². The molecule has 2 aliphatic heterocycles. The van der Waals surface area contributed by atoms with E-state index < -0.39 is 0 Å². The molecule has 238 valence electrons. The maximum Gasteiger partial charge on any atom is 0.141 e. The summed E-state index contributed by atoms with van der Waals surface area (Å²) in [6, 6.07) is 18.2. The maximum atomic E-state index is 13.6. The number of nitrogens with one attached hydrogen (secondary N) is 1. The molecule has 4 heterocycles. The summed E-state index contributed by atoms with van der Waals surface area (Å²) in [7, 11) is 0. The van der Waals surface area contributed by atoms with Gasteiger partial charge in [-0.05, 0) is 117 Å². The normalized spacial score (nSPS) is 16.1. The zero-order chi connectivity index (χ0) is 31.3. The number of aromatic nitrogens is 3. The maximum absolute atomic E-state index is 13.6. The first kappa shape index (κ1) is 30.7. The molecule has 2 fully saturated rings. The van der Waals surface area contributed by atoms with Gasteiger partial charge in [-0.1, -0.05) is 36.6 Å². The number of fused-ring (bicyclic) bond motifs is 1. The van der Waals surface area contributed by atoms with Crippen LogP contribution in [0.25, 0.3) is 16.6 Å². The molecule has 0 aliphatic carbocycles. The van der Waals surface area contributed by atoms with Crippen molar-refractivity contribution < 1.29 is 9.13 Å². The van der Waals surface area contributed by atoms with Crippen LogP contribution in [0.4, 0.5) is 15.9 Å². The highest BCUT2D eigenvalue weighted by Crippen LogP contribution is 2.32. The first-order valence-electron chi connectivity index (χ1n) is 16.4. The van der Waals surface area contributed by atoms with Crippen LogP contribution in [0.1, 0.15) is 55.2 Å². The number of piperidine rings is 2. The highest BCUT2D eigenvalue weighted by atomic mass is 35.5. The van der Waals surface area contributed by atoms with Crippen molar-refractivity contribution in [3.63, 3.8) is 0 Å². The third-order valence-corrected chi connectivity index (χ3v) is 9.38. The van der Waals surface area contributed by atoms with Crippen molar-refractivity contribution >= 4 is 34.0 Å². The Bertz CT molecular complexity index is 1760. The minimum atomic E-state index is -0.292. The monoisotopic (exact) mass is 638 g/mol. The predicted octanol–water partition coefficient (Wildman–Crippen LogP) is 8.51. The number of benzene rings is 3. The number of nitrogens with zero attached hydrogens (tertiary/aromatic N) is 5. The number of halogens is 2. The fourth-order valence-electron chi connectivity index (χ4n) is 6.61. The molecular weight excluding hydrogens is 599 g/mol. The number of hydrogen-bond donors (Lipinski definition) is 1. The number of likely N-dealkylation sites (tertiary alicyclic amines) is 2. The molecule has 7 nitrogen and oxygen atoms in total. The Balaban J connectivity index is 1.13. The summed E-state index contributed by atoms with van der Waals surface area (Å²) in [5.41, 5.74) is 6.30. The Morgan fingerprint density at radius 3 is 2.17 bits per heavy atom. The summed E-state index contributed by atoms with van der Waals surface area (Å²) in [5, 5.41) is 4.81. The van der Waals surface area contributed by atoms with Crippen LogP contribution in [-0.4, -0.2) is 50.5 Å². The highest BCUT2D eigenvalue weighted by molar-refractivity contribution is 6.32. The van der Waals surface area contributed by atoms with Gasteiger partial charge in [0.05, 0.1) is 10.5 Å². The molecule has 2 aromatic heterocycles. The second kappa shape index (κ2) is 14.2. The number of rotatable bonds is 10. The molecule has 0 saturated carbocycles. The number of anilines is 2. The van der Waals surface area contributed by atoms with Gasteiger partial charge in [0.25, 0.3) is 0 Å². The fraction of sp³-hybridized carbons (Fsp3) is 0.351. The molecule has 5 aromatic rings. The van der Waals surface area contributed by atoms with Crippen LogP contribution in [0.5, 0.6) is 5.75 Å². The number of hydrogen-bond acceptors (Lipinski definition) is 6. The molecular formula is C37H40ClFN6O. The van der Waals surface area contributed by atoms with Crippen LogP contribution in [0.15, 0.2) is 79.4 Å². The van der Waals surface area contributed by atoms with E-state index in [2.05, 4.69) is 60.2 Å². The average molecular weight is 639 g/mol. The van der Waals surface area contributed by atoms with Crippen LogP contribution >= 0.6 is 11.6 Å². The Morgan fingerprint density at radius 2 is 1.50 bits per heavy atom. The van der Waals surface area contributed by atoms with Gasteiger partial charge in [-0.3, -0.25) is 9.80 Å². The van der Waals surface area contributed by atoms with Gasteiger partial charge in [0.15, 0.2) is 0 Å². The van der Waals surface area contributed by atoms with Crippen molar-refractivity contribution in [1.29, 1.82) is 0 Å². The van der Waals surface area contributed by atoms with E-state index in [1.165, 1.54) is 88.0 Å². The largest absolute Gasteiger partial charge is 0.487 e. The Kier molecular flexibility index (Phi) is 9.47. The SMILES string of the molecule is Fc1cccc(COc2ccc(Nc3ncnc4ccc(-n5cc(CN6CCCCC6)c(CN6CCCCC6)c5)cc34)cc2Cl)c1. The third-order valence-electron chi connectivity index (χ3n) is 9.08.